The molecule has 0 saturated heterocycles. The van der Waals surface area contributed by atoms with E-state index in [1.54, 1.807) is 7.11 Å². The third kappa shape index (κ3) is 3.97. The Hall–Kier alpha value is -1.06. The van der Waals surface area contributed by atoms with Crippen molar-refractivity contribution in [1.29, 1.82) is 0 Å². The van der Waals surface area contributed by atoms with Crippen LogP contribution in [0.2, 0.25) is 0 Å². The summed E-state index contributed by atoms with van der Waals surface area (Å²) in [6.07, 6.45) is 5.36. The molecule has 0 spiro atoms. The Labute approximate surface area is 122 Å². The summed E-state index contributed by atoms with van der Waals surface area (Å²) in [6, 6.07) is 8.16. The molecule has 2 rings (SSSR count). The maximum atomic E-state index is 6.37. The van der Waals surface area contributed by atoms with Crippen molar-refractivity contribution in [2.24, 2.45) is 5.92 Å². The first-order valence-electron chi connectivity index (χ1n) is 7.67. The highest BCUT2D eigenvalue weighted by atomic mass is 16.5. The second-order valence-electron chi connectivity index (χ2n) is 5.81. The molecule has 1 aromatic carbocycles. The highest BCUT2D eigenvalue weighted by Gasteiger charge is 2.24. The second kappa shape index (κ2) is 7.65. The average Bonchev–Trinajstić information content (AvgIpc) is 2.49. The third-order valence-corrected chi connectivity index (χ3v) is 4.19. The van der Waals surface area contributed by atoms with Crippen molar-refractivity contribution < 1.29 is 9.47 Å². The van der Waals surface area contributed by atoms with Gasteiger partial charge in [0, 0.05) is 12.1 Å². The van der Waals surface area contributed by atoms with E-state index in [2.05, 4.69) is 18.3 Å². The number of ether oxygens (including phenoxy) is 2. The zero-order valence-corrected chi connectivity index (χ0v) is 12.9. The highest BCUT2D eigenvalue weighted by Crippen LogP contribution is 2.32. The molecule has 20 heavy (non-hydrogen) atoms. The van der Waals surface area contributed by atoms with E-state index in [-0.39, 0.29) is 6.10 Å². The molecule has 1 saturated carbocycles. The van der Waals surface area contributed by atoms with Gasteiger partial charge in [0.1, 0.15) is 5.75 Å². The molecule has 1 aliphatic carbocycles. The summed E-state index contributed by atoms with van der Waals surface area (Å²) in [7, 11) is 3.69. The van der Waals surface area contributed by atoms with Gasteiger partial charge < -0.3 is 14.8 Å². The average molecular weight is 277 g/mol. The lowest BCUT2D eigenvalue weighted by Crippen LogP contribution is -2.27. The summed E-state index contributed by atoms with van der Waals surface area (Å²) < 4.78 is 11.8. The number of benzene rings is 1. The van der Waals surface area contributed by atoms with Gasteiger partial charge in [-0.3, -0.25) is 0 Å². The molecular weight excluding hydrogens is 250 g/mol. The summed E-state index contributed by atoms with van der Waals surface area (Å²) in [6.45, 7) is 3.15. The topological polar surface area (TPSA) is 30.5 Å². The molecule has 3 heteroatoms. The Balaban J connectivity index is 2.06. The van der Waals surface area contributed by atoms with Crippen LogP contribution in [0.15, 0.2) is 24.3 Å². The van der Waals surface area contributed by atoms with Gasteiger partial charge in [-0.1, -0.05) is 25.1 Å². The van der Waals surface area contributed by atoms with Gasteiger partial charge in [0.15, 0.2) is 0 Å². The van der Waals surface area contributed by atoms with Crippen LogP contribution in [0.3, 0.4) is 0 Å². The Morgan fingerprint density at radius 2 is 1.90 bits per heavy atom. The molecule has 112 valence electrons. The molecule has 1 aromatic rings. The Morgan fingerprint density at radius 3 is 2.55 bits per heavy atom. The van der Waals surface area contributed by atoms with Crippen molar-refractivity contribution in [3.05, 3.63) is 29.8 Å². The van der Waals surface area contributed by atoms with Gasteiger partial charge in [0.05, 0.1) is 19.3 Å². The molecular formula is C17H27NO2. The van der Waals surface area contributed by atoms with Crippen molar-refractivity contribution in [2.75, 3.05) is 20.7 Å². The standard InChI is InChI=1S/C17H27NO2/c1-13-8-10-14(11-9-13)20-17(12-18-2)15-6-4-5-7-16(15)19-3/h4-7,13-14,17-18H,8-12H2,1-3H3. The first-order chi connectivity index (χ1) is 9.74. The van der Waals surface area contributed by atoms with E-state index in [1.165, 1.54) is 25.7 Å². The van der Waals surface area contributed by atoms with E-state index < -0.39 is 0 Å². The zero-order chi connectivity index (χ0) is 14.4. The summed E-state index contributed by atoms with van der Waals surface area (Å²) in [5, 5.41) is 3.24. The number of para-hydroxylation sites is 1. The van der Waals surface area contributed by atoms with Crippen LogP contribution in [-0.4, -0.2) is 26.8 Å². The van der Waals surface area contributed by atoms with Crippen molar-refractivity contribution in [2.45, 2.75) is 44.8 Å². The SMILES string of the molecule is CNCC(OC1CCC(C)CC1)c1ccccc1OC. The Bertz CT molecular complexity index is 400. The lowest BCUT2D eigenvalue weighted by atomic mass is 9.89. The fourth-order valence-electron chi connectivity index (χ4n) is 2.95. The van der Waals surface area contributed by atoms with Gasteiger partial charge in [-0.25, -0.2) is 0 Å². The lowest BCUT2D eigenvalue weighted by molar-refractivity contribution is -0.0363. The van der Waals surface area contributed by atoms with E-state index in [0.29, 0.717) is 6.10 Å². The van der Waals surface area contributed by atoms with Crippen molar-refractivity contribution in [3.63, 3.8) is 0 Å². The van der Waals surface area contributed by atoms with E-state index in [0.717, 1.165) is 23.8 Å². The molecule has 1 fully saturated rings. The van der Waals surface area contributed by atoms with Gasteiger partial charge >= 0.3 is 0 Å². The molecule has 0 bridgehead atoms. The predicted molar refractivity (Wildman–Crippen MR) is 82.2 cm³/mol. The summed E-state index contributed by atoms with van der Waals surface area (Å²) >= 11 is 0. The molecule has 0 amide bonds. The van der Waals surface area contributed by atoms with Crippen LogP contribution in [0.4, 0.5) is 0 Å². The third-order valence-electron chi connectivity index (χ3n) is 4.19. The molecule has 1 N–H and O–H groups in total. The van der Waals surface area contributed by atoms with E-state index >= 15 is 0 Å². The summed E-state index contributed by atoms with van der Waals surface area (Å²) in [4.78, 5) is 0. The van der Waals surface area contributed by atoms with E-state index in [4.69, 9.17) is 9.47 Å². The Morgan fingerprint density at radius 1 is 1.20 bits per heavy atom. The van der Waals surface area contributed by atoms with Crippen LogP contribution < -0.4 is 10.1 Å². The number of hydrogen-bond donors (Lipinski definition) is 1. The van der Waals surface area contributed by atoms with Crippen LogP contribution in [-0.2, 0) is 4.74 Å². The number of rotatable bonds is 6. The van der Waals surface area contributed by atoms with E-state index in [1.807, 2.05) is 25.2 Å². The molecule has 0 heterocycles. The van der Waals surface area contributed by atoms with Crippen LogP contribution in [0.25, 0.3) is 0 Å². The van der Waals surface area contributed by atoms with E-state index in [9.17, 15) is 0 Å². The van der Waals surface area contributed by atoms with Gasteiger partial charge in [0.25, 0.3) is 0 Å². The number of nitrogens with one attached hydrogen (secondary N) is 1. The molecule has 3 nitrogen and oxygen atoms in total. The van der Waals surface area contributed by atoms with Gasteiger partial charge in [-0.2, -0.15) is 0 Å². The van der Waals surface area contributed by atoms with Crippen molar-refractivity contribution in [3.8, 4) is 5.75 Å². The number of likely N-dealkylation sites (N-methyl/N-ethyl adjacent to an activating group) is 1. The molecule has 1 atom stereocenters. The second-order valence-corrected chi connectivity index (χ2v) is 5.81. The quantitative estimate of drug-likeness (QED) is 0.862. The molecule has 0 aromatic heterocycles. The van der Waals surface area contributed by atoms with Crippen LogP contribution >= 0.6 is 0 Å². The number of methoxy groups -OCH3 is 1. The van der Waals surface area contributed by atoms with Crippen LogP contribution in [0, 0.1) is 5.92 Å². The minimum absolute atomic E-state index is 0.0644. The molecule has 0 aliphatic heterocycles. The first kappa shape index (κ1) is 15.3. The predicted octanol–water partition coefficient (Wildman–Crippen LogP) is 3.55. The van der Waals surface area contributed by atoms with Crippen molar-refractivity contribution >= 4 is 0 Å². The molecule has 0 radical (unpaired) electrons. The molecule has 1 aliphatic rings. The van der Waals surface area contributed by atoms with Gasteiger partial charge in [-0.15, -0.1) is 0 Å². The Kier molecular flexibility index (Phi) is 5.86. The molecule has 1 unspecified atom stereocenters. The zero-order valence-electron chi connectivity index (χ0n) is 12.9. The summed E-state index contributed by atoms with van der Waals surface area (Å²) in [5.41, 5.74) is 1.14. The lowest BCUT2D eigenvalue weighted by Gasteiger charge is -2.30. The smallest absolute Gasteiger partial charge is 0.124 e. The van der Waals surface area contributed by atoms with Gasteiger partial charge in [-0.05, 0) is 44.7 Å². The number of hydrogen-bond acceptors (Lipinski definition) is 3. The highest BCUT2D eigenvalue weighted by molar-refractivity contribution is 5.35. The van der Waals surface area contributed by atoms with Gasteiger partial charge in [0.2, 0.25) is 0 Å². The van der Waals surface area contributed by atoms with Crippen molar-refractivity contribution in [1.82, 2.24) is 5.32 Å². The largest absolute Gasteiger partial charge is 0.496 e. The fourth-order valence-corrected chi connectivity index (χ4v) is 2.95. The van der Waals surface area contributed by atoms with Crippen LogP contribution in [0.5, 0.6) is 5.75 Å². The first-order valence-corrected chi connectivity index (χ1v) is 7.67. The fraction of sp³-hybridized carbons (Fsp3) is 0.647. The maximum Gasteiger partial charge on any atom is 0.124 e. The minimum Gasteiger partial charge on any atom is -0.496 e. The monoisotopic (exact) mass is 277 g/mol. The van der Waals surface area contributed by atoms with Crippen LogP contribution in [0.1, 0.15) is 44.3 Å². The summed E-state index contributed by atoms with van der Waals surface area (Å²) in [5.74, 6) is 1.76. The normalized spacial score (nSPS) is 24.4. The maximum absolute atomic E-state index is 6.37. The minimum atomic E-state index is 0.0644.